The molecule has 25 heavy (non-hydrogen) atoms. The standard InChI is InChI=1S/C19H36BrFO4/c1-4-11-18(22,12-5-2)19(20,21)17(16-9-7-6-8-10-16)25-15-24-14-13-23-3/h16-17,22H,4-15H2,1-3H3/t17-,19-/m0/s1. The van der Waals surface area contributed by atoms with Gasteiger partial charge in [0.2, 0.25) is 4.58 Å². The van der Waals surface area contributed by atoms with Gasteiger partial charge in [0, 0.05) is 7.11 Å². The average molecular weight is 427 g/mol. The van der Waals surface area contributed by atoms with E-state index in [1.54, 1.807) is 7.11 Å². The van der Waals surface area contributed by atoms with E-state index in [1.165, 1.54) is 6.42 Å². The van der Waals surface area contributed by atoms with Crippen molar-refractivity contribution in [2.45, 2.75) is 87.9 Å². The van der Waals surface area contributed by atoms with Gasteiger partial charge >= 0.3 is 0 Å². The lowest BCUT2D eigenvalue weighted by atomic mass is 9.77. The monoisotopic (exact) mass is 426 g/mol. The van der Waals surface area contributed by atoms with Gasteiger partial charge in [-0.15, -0.1) is 0 Å². The van der Waals surface area contributed by atoms with Gasteiger partial charge in [-0.25, -0.2) is 4.39 Å². The molecule has 1 saturated carbocycles. The largest absolute Gasteiger partial charge is 0.385 e. The lowest BCUT2D eigenvalue weighted by Crippen LogP contribution is -2.57. The zero-order chi connectivity index (χ0) is 18.8. The molecule has 6 heteroatoms. The Bertz CT molecular complexity index is 342. The summed E-state index contributed by atoms with van der Waals surface area (Å²) < 4.78 is 30.2. The lowest BCUT2D eigenvalue weighted by molar-refractivity contribution is -0.187. The third-order valence-corrected chi connectivity index (χ3v) is 6.33. The van der Waals surface area contributed by atoms with Crippen LogP contribution in [0.3, 0.4) is 0 Å². The number of ether oxygens (including phenoxy) is 3. The fraction of sp³-hybridized carbons (Fsp3) is 1.00. The van der Waals surface area contributed by atoms with Crippen molar-refractivity contribution < 1.29 is 23.7 Å². The minimum absolute atomic E-state index is 0.0100. The molecule has 0 bridgehead atoms. The fourth-order valence-electron chi connectivity index (χ4n) is 3.85. The zero-order valence-electron chi connectivity index (χ0n) is 16.1. The number of aliphatic hydroxyl groups is 1. The predicted molar refractivity (Wildman–Crippen MR) is 102 cm³/mol. The lowest BCUT2D eigenvalue weighted by Gasteiger charge is -2.45. The maximum absolute atomic E-state index is 16.0. The first kappa shape index (κ1) is 23.3. The summed E-state index contributed by atoms with van der Waals surface area (Å²) in [5.41, 5.74) is -1.44. The minimum atomic E-state index is -1.99. The highest BCUT2D eigenvalue weighted by Crippen LogP contribution is 2.48. The van der Waals surface area contributed by atoms with E-state index in [0.717, 1.165) is 38.5 Å². The molecule has 4 nitrogen and oxygen atoms in total. The zero-order valence-corrected chi connectivity index (χ0v) is 17.7. The van der Waals surface area contributed by atoms with Crippen LogP contribution in [0.5, 0.6) is 0 Å². The molecular weight excluding hydrogens is 391 g/mol. The summed E-state index contributed by atoms with van der Waals surface area (Å²) >= 11 is 3.27. The first-order valence-corrected chi connectivity index (χ1v) is 10.5. The summed E-state index contributed by atoms with van der Waals surface area (Å²) in [7, 11) is 1.61. The molecule has 0 aromatic heterocycles. The van der Waals surface area contributed by atoms with E-state index in [1.807, 2.05) is 13.8 Å². The van der Waals surface area contributed by atoms with Crippen molar-refractivity contribution in [3.63, 3.8) is 0 Å². The summed E-state index contributed by atoms with van der Waals surface area (Å²) in [6, 6.07) is 0. The molecule has 1 aliphatic rings. The van der Waals surface area contributed by atoms with Gasteiger partial charge < -0.3 is 19.3 Å². The van der Waals surface area contributed by atoms with Crippen LogP contribution in [0.15, 0.2) is 0 Å². The molecule has 0 radical (unpaired) electrons. The van der Waals surface area contributed by atoms with Gasteiger partial charge in [0.05, 0.1) is 13.2 Å². The van der Waals surface area contributed by atoms with Crippen molar-refractivity contribution in [2.24, 2.45) is 5.92 Å². The Labute approximate surface area is 160 Å². The first-order valence-electron chi connectivity index (χ1n) is 9.71. The number of hydrogen-bond acceptors (Lipinski definition) is 4. The van der Waals surface area contributed by atoms with Crippen molar-refractivity contribution in [3.05, 3.63) is 0 Å². The molecule has 1 N–H and O–H groups in total. The van der Waals surface area contributed by atoms with Crippen LogP contribution in [0.4, 0.5) is 4.39 Å². The number of methoxy groups -OCH3 is 1. The molecule has 150 valence electrons. The summed E-state index contributed by atoms with van der Waals surface area (Å²) in [6.45, 7) is 4.82. The third kappa shape index (κ3) is 6.73. The quantitative estimate of drug-likeness (QED) is 0.256. The van der Waals surface area contributed by atoms with Gasteiger partial charge in [-0.3, -0.25) is 0 Å². The minimum Gasteiger partial charge on any atom is -0.385 e. The SMILES string of the molecule is CCCC(O)(CCC)[C@](F)(Br)[C@@H](OCOCCOC)C1CCCCC1. The van der Waals surface area contributed by atoms with E-state index in [0.29, 0.717) is 26.1 Å². The normalized spacial score (nSPS) is 20.4. The van der Waals surface area contributed by atoms with E-state index < -0.39 is 16.3 Å². The maximum atomic E-state index is 16.0. The molecule has 0 unspecified atom stereocenters. The van der Waals surface area contributed by atoms with E-state index in [2.05, 4.69) is 15.9 Å². The van der Waals surface area contributed by atoms with Crippen LogP contribution < -0.4 is 0 Å². The molecule has 1 fully saturated rings. The first-order chi connectivity index (χ1) is 11.9. The van der Waals surface area contributed by atoms with Gasteiger partial charge in [0.1, 0.15) is 18.5 Å². The van der Waals surface area contributed by atoms with E-state index >= 15 is 4.39 Å². The molecule has 0 saturated heterocycles. The molecule has 0 aliphatic heterocycles. The molecule has 1 aliphatic carbocycles. The molecule has 1 rings (SSSR count). The van der Waals surface area contributed by atoms with Gasteiger partial charge in [-0.1, -0.05) is 46.0 Å². The third-order valence-electron chi connectivity index (χ3n) is 5.15. The van der Waals surface area contributed by atoms with E-state index in [4.69, 9.17) is 14.2 Å². The second kappa shape index (κ2) is 11.9. The summed E-state index contributed by atoms with van der Waals surface area (Å²) in [5.74, 6) is 0.0874. The van der Waals surface area contributed by atoms with E-state index in [9.17, 15) is 5.11 Å². The highest BCUT2D eigenvalue weighted by atomic mass is 79.9. The molecule has 0 heterocycles. The van der Waals surface area contributed by atoms with Gasteiger partial charge in [0.15, 0.2) is 0 Å². The molecular formula is C19H36BrFO4. The van der Waals surface area contributed by atoms with Crippen molar-refractivity contribution in [1.82, 2.24) is 0 Å². The van der Waals surface area contributed by atoms with Crippen molar-refractivity contribution in [2.75, 3.05) is 27.1 Å². The topological polar surface area (TPSA) is 47.9 Å². The number of rotatable bonds is 13. The summed E-state index contributed by atoms with van der Waals surface area (Å²) in [5, 5.41) is 11.1. The van der Waals surface area contributed by atoms with Crippen molar-refractivity contribution in [3.8, 4) is 0 Å². The van der Waals surface area contributed by atoms with Crippen molar-refractivity contribution >= 4 is 15.9 Å². The second-order valence-electron chi connectivity index (χ2n) is 7.16. The van der Waals surface area contributed by atoms with Gasteiger partial charge in [-0.05, 0) is 47.5 Å². The van der Waals surface area contributed by atoms with Crippen LogP contribution in [0, 0.1) is 5.92 Å². The predicted octanol–water partition coefficient (Wildman–Crippen LogP) is 4.96. The highest BCUT2D eigenvalue weighted by Gasteiger charge is 2.56. The number of hydrogen-bond donors (Lipinski definition) is 1. The maximum Gasteiger partial charge on any atom is 0.219 e. The van der Waals surface area contributed by atoms with Crippen LogP contribution in [-0.4, -0.2) is 48.5 Å². The van der Waals surface area contributed by atoms with E-state index in [-0.39, 0.29) is 12.7 Å². The Hall–Kier alpha value is 0.250. The molecule has 0 spiro atoms. The van der Waals surface area contributed by atoms with Crippen LogP contribution in [-0.2, 0) is 14.2 Å². The van der Waals surface area contributed by atoms with Gasteiger partial charge in [0.25, 0.3) is 0 Å². The Morgan fingerprint density at radius 1 is 1.12 bits per heavy atom. The fourth-order valence-corrected chi connectivity index (χ4v) is 4.75. The van der Waals surface area contributed by atoms with Gasteiger partial charge in [-0.2, -0.15) is 0 Å². The van der Waals surface area contributed by atoms with Crippen LogP contribution in [0.25, 0.3) is 0 Å². The van der Waals surface area contributed by atoms with Crippen LogP contribution in [0.2, 0.25) is 0 Å². The number of halogens is 2. The Morgan fingerprint density at radius 3 is 2.24 bits per heavy atom. The van der Waals surface area contributed by atoms with Crippen LogP contribution in [0.1, 0.15) is 71.6 Å². The van der Waals surface area contributed by atoms with Crippen LogP contribution >= 0.6 is 15.9 Å². The van der Waals surface area contributed by atoms with Crippen molar-refractivity contribution in [1.29, 1.82) is 0 Å². The molecule has 0 amide bonds. The smallest absolute Gasteiger partial charge is 0.219 e. The molecule has 2 atom stereocenters. The second-order valence-corrected chi connectivity index (χ2v) is 8.31. The average Bonchev–Trinajstić information content (AvgIpc) is 2.59. The summed E-state index contributed by atoms with van der Waals surface area (Å²) in [6.07, 6.45) is 6.71. The number of alkyl halides is 2. The Morgan fingerprint density at radius 2 is 1.72 bits per heavy atom. The molecule has 0 aromatic rings. The summed E-state index contributed by atoms with van der Waals surface area (Å²) in [4.78, 5) is 0. The Balaban J connectivity index is 2.88. The highest BCUT2D eigenvalue weighted by molar-refractivity contribution is 9.10. The molecule has 0 aromatic carbocycles. The Kier molecular flexibility index (Phi) is 11.0.